The van der Waals surface area contributed by atoms with Crippen LogP contribution in [0.2, 0.25) is 0 Å². The first-order valence-electron chi connectivity index (χ1n) is 8.44. The molecule has 1 aromatic rings. The van der Waals surface area contributed by atoms with E-state index < -0.39 is 11.2 Å². The van der Waals surface area contributed by atoms with Crippen LogP contribution in [-0.2, 0) is 14.3 Å². The number of ether oxygens (including phenoxy) is 3. The molecule has 0 fully saturated rings. The topological polar surface area (TPSA) is 44.8 Å². The third-order valence-electron chi connectivity index (χ3n) is 4.22. The Balaban J connectivity index is 2.09. The fourth-order valence-corrected chi connectivity index (χ4v) is 2.64. The van der Waals surface area contributed by atoms with Crippen LogP contribution in [0.25, 0.3) is 0 Å². The summed E-state index contributed by atoms with van der Waals surface area (Å²) in [5, 5.41) is 0. The fourth-order valence-electron chi connectivity index (χ4n) is 2.64. The quantitative estimate of drug-likeness (QED) is 0.742. The van der Waals surface area contributed by atoms with Crippen molar-refractivity contribution < 1.29 is 19.0 Å². The molecule has 1 aliphatic rings. The van der Waals surface area contributed by atoms with E-state index in [2.05, 4.69) is 13.8 Å². The Hall–Kier alpha value is -1.55. The zero-order valence-electron chi connectivity index (χ0n) is 14.8. The number of hydrogen-bond donors (Lipinski definition) is 0. The summed E-state index contributed by atoms with van der Waals surface area (Å²) >= 11 is 0. The fraction of sp³-hybridized carbons (Fsp3) is 0.632. The highest BCUT2D eigenvalue weighted by atomic mass is 16.7. The molecule has 4 heteroatoms. The lowest BCUT2D eigenvalue weighted by atomic mass is 9.97. The average Bonchev–Trinajstić information content (AvgIpc) is 2.53. The van der Waals surface area contributed by atoms with E-state index in [1.807, 2.05) is 45.0 Å². The Morgan fingerprint density at radius 2 is 1.87 bits per heavy atom. The molecule has 1 unspecified atom stereocenters. The number of fused-ring (bicyclic) bond motifs is 1. The minimum Gasteiger partial charge on any atom is -0.465 e. The Kier molecular flexibility index (Phi) is 5.35. The van der Waals surface area contributed by atoms with Crippen molar-refractivity contribution in [2.75, 3.05) is 6.61 Å². The predicted octanol–water partition coefficient (Wildman–Crippen LogP) is 4.63. The highest BCUT2D eigenvalue weighted by Crippen LogP contribution is 2.42. The van der Waals surface area contributed by atoms with Crippen LogP contribution in [0.4, 0.5) is 0 Å². The van der Waals surface area contributed by atoms with Crippen LogP contribution in [0, 0.1) is 5.41 Å². The monoisotopic (exact) mass is 320 g/mol. The van der Waals surface area contributed by atoms with Crippen LogP contribution in [0.5, 0.6) is 5.75 Å². The van der Waals surface area contributed by atoms with Crippen molar-refractivity contribution in [3.05, 3.63) is 29.8 Å². The summed E-state index contributed by atoms with van der Waals surface area (Å²) in [4.78, 5) is 11.9. The van der Waals surface area contributed by atoms with Crippen molar-refractivity contribution in [2.24, 2.45) is 5.41 Å². The number of rotatable bonds is 5. The van der Waals surface area contributed by atoms with Crippen LogP contribution in [0.15, 0.2) is 24.3 Å². The first kappa shape index (κ1) is 17.8. The van der Waals surface area contributed by atoms with Crippen LogP contribution in [0.3, 0.4) is 0 Å². The molecule has 1 atom stereocenters. The van der Waals surface area contributed by atoms with Crippen molar-refractivity contribution in [3.8, 4) is 5.75 Å². The summed E-state index contributed by atoms with van der Waals surface area (Å²) in [7, 11) is 0. The first-order chi connectivity index (χ1) is 10.8. The number of benzene rings is 1. The van der Waals surface area contributed by atoms with E-state index in [-0.39, 0.29) is 12.1 Å². The summed E-state index contributed by atoms with van der Waals surface area (Å²) in [5.74, 6) is 0.0947. The van der Waals surface area contributed by atoms with Gasteiger partial charge in [0.05, 0.1) is 18.1 Å². The molecule has 23 heavy (non-hydrogen) atoms. The van der Waals surface area contributed by atoms with Crippen LogP contribution < -0.4 is 4.74 Å². The van der Waals surface area contributed by atoms with Crippen LogP contribution in [0.1, 0.15) is 65.5 Å². The van der Waals surface area contributed by atoms with Gasteiger partial charge in [0.2, 0.25) is 5.79 Å². The maximum Gasteiger partial charge on any atom is 0.311 e. The van der Waals surface area contributed by atoms with E-state index in [0.29, 0.717) is 13.0 Å². The van der Waals surface area contributed by atoms with Gasteiger partial charge in [0.25, 0.3) is 0 Å². The van der Waals surface area contributed by atoms with Crippen molar-refractivity contribution >= 4 is 5.97 Å². The number of hydrogen-bond acceptors (Lipinski definition) is 4. The molecule has 0 saturated heterocycles. The Labute approximate surface area is 139 Å². The van der Waals surface area contributed by atoms with Gasteiger partial charge in [-0.05, 0) is 26.8 Å². The smallest absolute Gasteiger partial charge is 0.311 e. The standard InChI is InChI=1S/C19H28O4/c1-6-19(7-2)22-15-11-9-8-10-14(15)16(23-19)12-13-21-17(20)18(3,4)5/h8-11,16H,6-7,12-13H2,1-5H3. The molecule has 0 aliphatic carbocycles. The Morgan fingerprint density at radius 1 is 1.22 bits per heavy atom. The second kappa shape index (κ2) is 6.91. The second-order valence-corrected chi connectivity index (χ2v) is 7.04. The summed E-state index contributed by atoms with van der Waals surface area (Å²) in [6.07, 6.45) is 2.06. The van der Waals surface area contributed by atoms with Gasteiger partial charge in [-0.15, -0.1) is 0 Å². The van der Waals surface area contributed by atoms with E-state index in [1.54, 1.807) is 0 Å². The molecule has 0 spiro atoms. The van der Waals surface area contributed by atoms with Gasteiger partial charge in [0, 0.05) is 24.8 Å². The maximum atomic E-state index is 11.9. The lowest BCUT2D eigenvalue weighted by molar-refractivity contribution is -0.236. The van der Waals surface area contributed by atoms with E-state index >= 15 is 0 Å². The lowest BCUT2D eigenvalue weighted by Crippen LogP contribution is -2.42. The molecule has 0 aromatic heterocycles. The molecule has 0 N–H and O–H groups in total. The number of carbonyl (C=O) groups is 1. The van der Waals surface area contributed by atoms with Gasteiger partial charge < -0.3 is 14.2 Å². The lowest BCUT2D eigenvalue weighted by Gasteiger charge is -2.41. The zero-order chi connectivity index (χ0) is 17.1. The van der Waals surface area contributed by atoms with E-state index in [4.69, 9.17) is 14.2 Å². The summed E-state index contributed by atoms with van der Waals surface area (Å²) in [6, 6.07) is 7.94. The van der Waals surface area contributed by atoms with E-state index in [0.717, 1.165) is 24.2 Å². The molecular weight excluding hydrogens is 292 g/mol. The summed E-state index contributed by atoms with van der Waals surface area (Å²) < 4.78 is 17.8. The minimum atomic E-state index is -0.590. The highest BCUT2D eigenvalue weighted by molar-refractivity contribution is 5.75. The van der Waals surface area contributed by atoms with Crippen LogP contribution >= 0.6 is 0 Å². The molecule has 0 amide bonds. The largest absolute Gasteiger partial charge is 0.465 e. The van der Waals surface area contributed by atoms with Crippen LogP contribution in [-0.4, -0.2) is 18.4 Å². The van der Waals surface area contributed by atoms with Crippen molar-refractivity contribution in [1.29, 1.82) is 0 Å². The first-order valence-corrected chi connectivity index (χ1v) is 8.44. The van der Waals surface area contributed by atoms with Gasteiger partial charge in [-0.1, -0.05) is 32.0 Å². The number of para-hydroxylation sites is 1. The second-order valence-electron chi connectivity index (χ2n) is 7.04. The average molecular weight is 320 g/mol. The molecule has 0 radical (unpaired) electrons. The predicted molar refractivity (Wildman–Crippen MR) is 89.2 cm³/mol. The van der Waals surface area contributed by atoms with Gasteiger partial charge in [0.15, 0.2) is 0 Å². The van der Waals surface area contributed by atoms with Gasteiger partial charge >= 0.3 is 5.97 Å². The van der Waals surface area contributed by atoms with Crippen molar-refractivity contribution in [2.45, 2.75) is 65.8 Å². The molecule has 128 valence electrons. The van der Waals surface area contributed by atoms with E-state index in [1.165, 1.54) is 0 Å². The highest BCUT2D eigenvalue weighted by Gasteiger charge is 2.39. The molecule has 1 heterocycles. The zero-order valence-corrected chi connectivity index (χ0v) is 14.8. The van der Waals surface area contributed by atoms with Crippen molar-refractivity contribution in [3.63, 3.8) is 0 Å². The molecule has 0 saturated carbocycles. The molecule has 0 bridgehead atoms. The van der Waals surface area contributed by atoms with E-state index in [9.17, 15) is 4.79 Å². The normalized spacial score (nSPS) is 19.6. The van der Waals surface area contributed by atoms with Gasteiger partial charge in [-0.25, -0.2) is 0 Å². The third kappa shape index (κ3) is 4.05. The summed E-state index contributed by atoms with van der Waals surface area (Å²) in [5.41, 5.74) is 0.544. The Morgan fingerprint density at radius 3 is 2.48 bits per heavy atom. The molecule has 1 aliphatic heterocycles. The van der Waals surface area contributed by atoms with Gasteiger partial charge in [-0.3, -0.25) is 4.79 Å². The number of esters is 1. The number of carbonyl (C=O) groups excluding carboxylic acids is 1. The molecule has 1 aromatic carbocycles. The van der Waals surface area contributed by atoms with Crippen molar-refractivity contribution in [1.82, 2.24) is 0 Å². The third-order valence-corrected chi connectivity index (χ3v) is 4.22. The maximum absolute atomic E-state index is 11.9. The minimum absolute atomic E-state index is 0.118. The summed E-state index contributed by atoms with van der Waals surface area (Å²) in [6.45, 7) is 10.0. The Bertz CT molecular complexity index is 541. The van der Waals surface area contributed by atoms with Gasteiger partial charge in [-0.2, -0.15) is 0 Å². The molecule has 4 nitrogen and oxygen atoms in total. The molecular formula is C19H28O4. The SMILES string of the molecule is CCC1(CC)Oc2ccccc2C(CCOC(=O)C(C)(C)C)O1. The van der Waals surface area contributed by atoms with Gasteiger partial charge in [0.1, 0.15) is 5.75 Å². The molecule has 2 rings (SSSR count).